The number of nitrogens with one attached hydrogen (secondary N) is 1. The molecule has 6 nitrogen and oxygen atoms in total. The lowest BCUT2D eigenvalue weighted by atomic mass is 9.63. The summed E-state index contributed by atoms with van der Waals surface area (Å²) in [5.41, 5.74) is 4.93. The van der Waals surface area contributed by atoms with Crippen molar-refractivity contribution < 1.29 is 19.5 Å². The molecule has 0 fully saturated rings. The van der Waals surface area contributed by atoms with Crippen molar-refractivity contribution in [3.8, 4) is 0 Å². The van der Waals surface area contributed by atoms with Crippen LogP contribution in [0.15, 0.2) is 78.0 Å². The normalized spacial score (nSPS) is 16.1. The van der Waals surface area contributed by atoms with Gasteiger partial charge in [0.25, 0.3) is 5.91 Å². The fraction of sp³-hybridized carbons (Fsp3) is 0.300. The van der Waals surface area contributed by atoms with Crippen LogP contribution in [0.2, 0.25) is 0 Å². The molecule has 0 aliphatic heterocycles. The second-order valence-electron chi connectivity index (χ2n) is 10.6. The molecule has 0 bridgehead atoms. The molecule has 1 amide bonds. The highest BCUT2D eigenvalue weighted by Crippen LogP contribution is 2.46. The van der Waals surface area contributed by atoms with E-state index in [1.165, 1.54) is 23.3 Å². The first-order chi connectivity index (χ1) is 17.1. The lowest BCUT2D eigenvalue weighted by molar-refractivity contribution is -0.110. The summed E-state index contributed by atoms with van der Waals surface area (Å²) in [6, 6.07) is 21.7. The number of carbonyl (C=O) groups is 2. The maximum atomic E-state index is 13.4. The van der Waals surface area contributed by atoms with E-state index < -0.39 is 11.9 Å². The van der Waals surface area contributed by atoms with Gasteiger partial charge in [-0.05, 0) is 70.7 Å². The van der Waals surface area contributed by atoms with Gasteiger partial charge >= 0.3 is 5.97 Å². The molecule has 0 spiro atoms. The SMILES string of the molecule is CC1(C)CCC(C)(C)c2cc(C(=NOCc3ccccc3)C(=O)Nc3ccc(C(=O)O)cc3)ccc21. The Morgan fingerprint density at radius 3 is 2.11 bits per heavy atom. The van der Waals surface area contributed by atoms with Crippen LogP contribution in [0.1, 0.15) is 73.1 Å². The van der Waals surface area contributed by atoms with Crippen molar-refractivity contribution in [1.82, 2.24) is 0 Å². The Bertz CT molecular complexity index is 1290. The maximum absolute atomic E-state index is 13.4. The van der Waals surface area contributed by atoms with Crippen LogP contribution in [0, 0.1) is 0 Å². The van der Waals surface area contributed by atoms with E-state index in [9.17, 15) is 9.59 Å². The van der Waals surface area contributed by atoms with Crippen LogP contribution in [0.4, 0.5) is 5.69 Å². The van der Waals surface area contributed by atoms with Crippen LogP contribution in [0.3, 0.4) is 0 Å². The van der Waals surface area contributed by atoms with E-state index in [0.29, 0.717) is 11.3 Å². The zero-order valence-electron chi connectivity index (χ0n) is 21.2. The topological polar surface area (TPSA) is 88.0 Å². The van der Waals surface area contributed by atoms with E-state index in [-0.39, 0.29) is 28.7 Å². The molecule has 4 rings (SSSR count). The molecule has 36 heavy (non-hydrogen) atoms. The molecule has 3 aromatic rings. The van der Waals surface area contributed by atoms with Gasteiger partial charge in [-0.15, -0.1) is 0 Å². The van der Waals surface area contributed by atoms with E-state index in [4.69, 9.17) is 9.94 Å². The zero-order chi connectivity index (χ0) is 25.9. The van der Waals surface area contributed by atoms with Crippen LogP contribution in [0.5, 0.6) is 0 Å². The summed E-state index contributed by atoms with van der Waals surface area (Å²) in [5, 5.41) is 16.2. The zero-order valence-corrected chi connectivity index (χ0v) is 21.2. The van der Waals surface area contributed by atoms with Gasteiger partial charge < -0.3 is 15.3 Å². The first kappa shape index (κ1) is 25.2. The summed E-state index contributed by atoms with van der Waals surface area (Å²) in [4.78, 5) is 30.2. The standard InChI is InChI=1S/C30H32N2O4/c1-29(2)16-17-30(3,4)25-18-22(12-15-24(25)29)26(32-36-19-20-8-6-5-7-9-20)27(33)31-23-13-10-21(11-14-23)28(34)35/h5-15,18H,16-17,19H2,1-4H3,(H,31,33)(H,34,35). The minimum absolute atomic E-state index is 0.0278. The Balaban J connectivity index is 1.68. The maximum Gasteiger partial charge on any atom is 0.335 e. The molecule has 0 aromatic heterocycles. The van der Waals surface area contributed by atoms with Gasteiger partial charge in [0, 0.05) is 11.3 Å². The number of aromatic carboxylic acids is 1. The van der Waals surface area contributed by atoms with Crippen molar-refractivity contribution in [3.63, 3.8) is 0 Å². The number of fused-ring (bicyclic) bond motifs is 1. The van der Waals surface area contributed by atoms with Crippen molar-refractivity contribution in [2.24, 2.45) is 5.16 Å². The number of amides is 1. The highest BCUT2D eigenvalue weighted by atomic mass is 16.6. The van der Waals surface area contributed by atoms with Gasteiger partial charge in [0.1, 0.15) is 6.61 Å². The average molecular weight is 485 g/mol. The number of carbonyl (C=O) groups excluding carboxylic acids is 1. The number of rotatable bonds is 7. The number of nitrogens with zero attached hydrogens (tertiary/aromatic N) is 1. The fourth-order valence-corrected chi connectivity index (χ4v) is 4.59. The summed E-state index contributed by atoms with van der Waals surface area (Å²) in [7, 11) is 0. The van der Waals surface area contributed by atoms with Crippen molar-refractivity contribution >= 4 is 23.3 Å². The third kappa shape index (κ3) is 5.48. The molecular formula is C30H32N2O4. The Morgan fingerprint density at radius 2 is 1.47 bits per heavy atom. The largest absolute Gasteiger partial charge is 0.478 e. The number of carboxylic acid groups (broad SMARTS) is 1. The monoisotopic (exact) mass is 484 g/mol. The van der Waals surface area contributed by atoms with Crippen LogP contribution in [0.25, 0.3) is 0 Å². The van der Waals surface area contributed by atoms with Gasteiger partial charge in [0.05, 0.1) is 5.56 Å². The molecule has 186 valence electrons. The van der Waals surface area contributed by atoms with E-state index in [1.807, 2.05) is 36.4 Å². The molecule has 1 aliphatic carbocycles. The predicted molar refractivity (Wildman–Crippen MR) is 142 cm³/mol. The number of hydrogen-bond acceptors (Lipinski definition) is 4. The van der Waals surface area contributed by atoms with Gasteiger partial charge in [0.15, 0.2) is 5.71 Å². The van der Waals surface area contributed by atoms with E-state index in [1.54, 1.807) is 12.1 Å². The third-order valence-corrected chi connectivity index (χ3v) is 6.96. The molecular weight excluding hydrogens is 452 g/mol. The van der Waals surface area contributed by atoms with Crippen molar-refractivity contribution in [2.45, 2.75) is 58.0 Å². The van der Waals surface area contributed by atoms with Crippen LogP contribution < -0.4 is 5.32 Å². The molecule has 0 heterocycles. The first-order valence-electron chi connectivity index (χ1n) is 12.1. The molecule has 0 atom stereocenters. The summed E-state index contributed by atoms with van der Waals surface area (Å²) in [5.74, 6) is -1.46. The Morgan fingerprint density at radius 1 is 0.861 bits per heavy atom. The van der Waals surface area contributed by atoms with Gasteiger partial charge in [-0.25, -0.2) is 4.79 Å². The molecule has 6 heteroatoms. The van der Waals surface area contributed by atoms with E-state index >= 15 is 0 Å². The van der Waals surface area contributed by atoms with Gasteiger partial charge in [0.2, 0.25) is 0 Å². The smallest absolute Gasteiger partial charge is 0.335 e. The Kier molecular flexibility index (Phi) is 6.97. The Hall–Kier alpha value is -3.93. The second kappa shape index (κ2) is 9.97. The number of hydrogen-bond donors (Lipinski definition) is 2. The molecule has 0 radical (unpaired) electrons. The number of benzene rings is 3. The van der Waals surface area contributed by atoms with Gasteiger partial charge in [-0.2, -0.15) is 0 Å². The highest BCUT2D eigenvalue weighted by Gasteiger charge is 2.37. The predicted octanol–water partition coefficient (Wildman–Crippen LogP) is 6.29. The highest BCUT2D eigenvalue weighted by molar-refractivity contribution is 6.48. The van der Waals surface area contributed by atoms with Crippen molar-refractivity contribution in [3.05, 3.63) is 101 Å². The van der Waals surface area contributed by atoms with E-state index in [0.717, 1.165) is 18.4 Å². The number of carboxylic acids is 1. The molecule has 1 aliphatic rings. The summed E-state index contributed by atoms with van der Waals surface area (Å²) < 4.78 is 0. The summed E-state index contributed by atoms with van der Waals surface area (Å²) in [6.07, 6.45) is 2.15. The van der Waals surface area contributed by atoms with Gasteiger partial charge in [-0.1, -0.05) is 75.3 Å². The van der Waals surface area contributed by atoms with E-state index in [2.05, 4.69) is 50.3 Å². The molecule has 0 saturated heterocycles. The minimum Gasteiger partial charge on any atom is -0.478 e. The lowest BCUT2D eigenvalue weighted by Gasteiger charge is -2.42. The summed E-state index contributed by atoms with van der Waals surface area (Å²) in [6.45, 7) is 9.21. The van der Waals surface area contributed by atoms with Crippen LogP contribution in [-0.4, -0.2) is 22.7 Å². The quantitative estimate of drug-likeness (QED) is 0.305. The number of anilines is 1. The summed E-state index contributed by atoms with van der Waals surface area (Å²) >= 11 is 0. The third-order valence-electron chi connectivity index (χ3n) is 6.96. The molecule has 0 unspecified atom stereocenters. The molecule has 3 aromatic carbocycles. The van der Waals surface area contributed by atoms with Crippen LogP contribution in [-0.2, 0) is 27.1 Å². The van der Waals surface area contributed by atoms with Crippen LogP contribution >= 0.6 is 0 Å². The van der Waals surface area contributed by atoms with Gasteiger partial charge in [-0.3, -0.25) is 4.79 Å². The average Bonchev–Trinajstić information content (AvgIpc) is 2.85. The Labute approximate surface area is 212 Å². The minimum atomic E-state index is -1.02. The lowest BCUT2D eigenvalue weighted by Crippen LogP contribution is -2.34. The second-order valence-corrected chi connectivity index (χ2v) is 10.6. The molecule has 2 N–H and O–H groups in total. The molecule has 0 saturated carbocycles. The fourth-order valence-electron chi connectivity index (χ4n) is 4.59. The van der Waals surface area contributed by atoms with Crippen molar-refractivity contribution in [2.75, 3.05) is 5.32 Å². The number of oxime groups is 1. The van der Waals surface area contributed by atoms with Crippen molar-refractivity contribution in [1.29, 1.82) is 0 Å². The first-order valence-corrected chi connectivity index (χ1v) is 12.1.